The molecule has 144 valence electrons. The number of carbonyl (C=O) groups excluding carboxylic acids is 1. The van der Waals surface area contributed by atoms with E-state index in [4.69, 9.17) is 4.74 Å². The van der Waals surface area contributed by atoms with Gasteiger partial charge < -0.3 is 4.74 Å². The molecule has 4 aromatic rings. The Balaban J connectivity index is 1.70. The molecule has 0 saturated carbocycles. The highest BCUT2D eigenvalue weighted by molar-refractivity contribution is 6.09. The monoisotopic (exact) mass is 383 g/mol. The maximum Gasteiger partial charge on any atom is 0.260 e. The number of hydrogen-bond acceptors (Lipinski definition) is 4. The predicted octanol–water partition coefficient (Wildman–Crippen LogP) is 4.89. The second-order valence-corrected chi connectivity index (χ2v) is 6.86. The van der Waals surface area contributed by atoms with Gasteiger partial charge in [-0.15, -0.1) is 0 Å². The number of benzene rings is 2. The summed E-state index contributed by atoms with van der Waals surface area (Å²) < 4.78 is 5.28. The molecule has 0 spiro atoms. The third-order valence-corrected chi connectivity index (χ3v) is 5.00. The Morgan fingerprint density at radius 2 is 1.86 bits per heavy atom. The normalized spacial score (nSPS) is 10.7. The van der Waals surface area contributed by atoms with Crippen molar-refractivity contribution in [2.45, 2.75) is 6.92 Å². The minimum absolute atomic E-state index is 0.158. The van der Waals surface area contributed by atoms with Crippen LogP contribution in [0.4, 0.5) is 5.82 Å². The van der Waals surface area contributed by atoms with Crippen LogP contribution in [-0.2, 0) is 0 Å². The van der Waals surface area contributed by atoms with Gasteiger partial charge in [0.25, 0.3) is 5.91 Å². The number of methoxy groups -OCH3 is 1. The first kappa shape index (κ1) is 18.6. The van der Waals surface area contributed by atoms with Crippen LogP contribution < -0.4 is 9.64 Å². The van der Waals surface area contributed by atoms with Crippen molar-refractivity contribution in [3.63, 3.8) is 0 Å². The lowest BCUT2D eigenvalue weighted by molar-refractivity contribution is 0.0992. The van der Waals surface area contributed by atoms with E-state index in [1.165, 1.54) is 0 Å². The number of hydrogen-bond donors (Lipinski definition) is 0. The van der Waals surface area contributed by atoms with Crippen molar-refractivity contribution >= 4 is 22.5 Å². The van der Waals surface area contributed by atoms with Gasteiger partial charge in [0.05, 0.1) is 12.7 Å². The van der Waals surface area contributed by atoms with Gasteiger partial charge in [0.1, 0.15) is 11.6 Å². The lowest BCUT2D eigenvalue weighted by Crippen LogP contribution is -2.27. The van der Waals surface area contributed by atoms with E-state index in [1.54, 1.807) is 37.6 Å². The fourth-order valence-corrected chi connectivity index (χ4v) is 3.45. The summed E-state index contributed by atoms with van der Waals surface area (Å²) in [5.74, 6) is 1.27. The number of amides is 1. The Hall–Kier alpha value is -3.73. The molecule has 1 amide bonds. The first-order chi connectivity index (χ1) is 14.1. The topological polar surface area (TPSA) is 55.3 Å². The fourth-order valence-electron chi connectivity index (χ4n) is 3.45. The van der Waals surface area contributed by atoms with Gasteiger partial charge in [0.15, 0.2) is 0 Å². The van der Waals surface area contributed by atoms with E-state index in [0.717, 1.165) is 33.2 Å². The number of rotatable bonds is 4. The van der Waals surface area contributed by atoms with Crippen LogP contribution in [0, 0.1) is 6.92 Å². The molecule has 0 unspecified atom stereocenters. The van der Waals surface area contributed by atoms with Gasteiger partial charge in [-0.3, -0.25) is 14.7 Å². The molecule has 0 aliphatic rings. The molecular weight excluding hydrogens is 362 g/mol. The Morgan fingerprint density at radius 1 is 1.03 bits per heavy atom. The molecular formula is C24H21N3O2. The van der Waals surface area contributed by atoms with Crippen molar-refractivity contribution in [2.24, 2.45) is 0 Å². The Morgan fingerprint density at radius 3 is 2.66 bits per heavy atom. The molecule has 0 fully saturated rings. The fraction of sp³-hybridized carbons (Fsp3) is 0.125. The summed E-state index contributed by atoms with van der Waals surface area (Å²) in [6.07, 6.45) is 5.07. The molecule has 0 bridgehead atoms. The number of ether oxygens (including phenoxy) is 1. The number of aromatic nitrogens is 2. The number of aryl methyl sites for hydroxylation is 1. The molecule has 0 aliphatic carbocycles. The van der Waals surface area contributed by atoms with Crippen molar-refractivity contribution in [3.05, 3.63) is 84.3 Å². The van der Waals surface area contributed by atoms with E-state index in [9.17, 15) is 4.79 Å². The highest BCUT2D eigenvalue weighted by Gasteiger charge is 2.18. The Bertz CT molecular complexity index is 1200. The number of carbonyl (C=O) groups is 1. The largest absolute Gasteiger partial charge is 0.497 e. The van der Waals surface area contributed by atoms with Crippen LogP contribution >= 0.6 is 0 Å². The van der Waals surface area contributed by atoms with E-state index < -0.39 is 0 Å². The molecule has 0 radical (unpaired) electrons. The molecule has 5 heteroatoms. The van der Waals surface area contributed by atoms with Crippen molar-refractivity contribution in [1.29, 1.82) is 0 Å². The van der Waals surface area contributed by atoms with Crippen LogP contribution in [0.2, 0.25) is 0 Å². The van der Waals surface area contributed by atoms with Crippen LogP contribution in [0.3, 0.4) is 0 Å². The predicted molar refractivity (Wildman–Crippen MR) is 115 cm³/mol. The minimum atomic E-state index is -0.158. The third kappa shape index (κ3) is 3.55. The average molecular weight is 383 g/mol. The molecule has 2 aromatic heterocycles. The van der Waals surface area contributed by atoms with Gasteiger partial charge in [-0.25, -0.2) is 4.98 Å². The van der Waals surface area contributed by atoms with Crippen LogP contribution in [0.15, 0.2) is 73.2 Å². The number of fused-ring (bicyclic) bond motifs is 1. The quantitative estimate of drug-likeness (QED) is 0.503. The van der Waals surface area contributed by atoms with E-state index >= 15 is 0 Å². The molecule has 0 N–H and O–H groups in total. The molecule has 2 aromatic carbocycles. The van der Waals surface area contributed by atoms with E-state index in [-0.39, 0.29) is 5.91 Å². The van der Waals surface area contributed by atoms with Gasteiger partial charge >= 0.3 is 0 Å². The van der Waals surface area contributed by atoms with E-state index in [1.807, 2.05) is 61.5 Å². The minimum Gasteiger partial charge on any atom is -0.497 e. The molecule has 0 atom stereocenters. The molecule has 29 heavy (non-hydrogen) atoms. The summed E-state index contributed by atoms with van der Waals surface area (Å²) in [4.78, 5) is 23.5. The lowest BCUT2D eigenvalue weighted by atomic mass is 10.0. The smallest absolute Gasteiger partial charge is 0.260 e. The molecule has 0 aliphatic heterocycles. The van der Waals surface area contributed by atoms with Gasteiger partial charge in [0.2, 0.25) is 0 Å². The maximum atomic E-state index is 13.2. The second-order valence-electron chi connectivity index (χ2n) is 6.86. The molecule has 2 heterocycles. The van der Waals surface area contributed by atoms with Crippen LogP contribution in [0.1, 0.15) is 15.9 Å². The second kappa shape index (κ2) is 7.72. The lowest BCUT2D eigenvalue weighted by Gasteiger charge is -2.18. The first-order valence-corrected chi connectivity index (χ1v) is 9.30. The summed E-state index contributed by atoms with van der Waals surface area (Å²) in [5, 5.41) is 1.97. The summed E-state index contributed by atoms with van der Waals surface area (Å²) >= 11 is 0. The zero-order valence-electron chi connectivity index (χ0n) is 16.6. The third-order valence-electron chi connectivity index (χ3n) is 5.00. The number of nitrogens with zero attached hydrogens (tertiary/aromatic N) is 3. The Labute approximate surface area is 169 Å². The highest BCUT2D eigenvalue weighted by Crippen LogP contribution is 2.28. The van der Waals surface area contributed by atoms with Crippen molar-refractivity contribution in [3.8, 4) is 16.9 Å². The van der Waals surface area contributed by atoms with Gasteiger partial charge in [-0.1, -0.05) is 30.3 Å². The van der Waals surface area contributed by atoms with Crippen molar-refractivity contribution in [2.75, 3.05) is 19.1 Å². The average Bonchev–Trinajstić information content (AvgIpc) is 2.77. The van der Waals surface area contributed by atoms with Gasteiger partial charge in [-0.05, 0) is 47.7 Å². The van der Waals surface area contributed by atoms with E-state index in [0.29, 0.717) is 11.4 Å². The first-order valence-electron chi connectivity index (χ1n) is 9.30. The molecule has 0 saturated heterocycles. The van der Waals surface area contributed by atoms with Gasteiger partial charge in [0, 0.05) is 36.6 Å². The molecule has 5 nitrogen and oxygen atoms in total. The van der Waals surface area contributed by atoms with Crippen molar-refractivity contribution < 1.29 is 9.53 Å². The van der Waals surface area contributed by atoms with Crippen molar-refractivity contribution in [1.82, 2.24) is 9.97 Å². The van der Waals surface area contributed by atoms with E-state index in [2.05, 4.69) is 9.97 Å². The maximum absolute atomic E-state index is 13.2. The van der Waals surface area contributed by atoms with Crippen LogP contribution in [-0.4, -0.2) is 30.0 Å². The van der Waals surface area contributed by atoms with Crippen LogP contribution in [0.5, 0.6) is 5.75 Å². The zero-order valence-corrected chi connectivity index (χ0v) is 16.6. The Kier molecular flexibility index (Phi) is 4.96. The number of pyridine rings is 2. The summed E-state index contributed by atoms with van der Waals surface area (Å²) in [6.45, 7) is 2.01. The number of anilines is 1. The standard InChI is InChI=1S/C24H21N3O2/c1-16-12-20(29-3)8-9-21(16)18-13-19(15-25-14-18)24(28)27(2)23-22-7-5-4-6-17(22)10-11-26-23/h4-15H,1-3H3. The zero-order chi connectivity index (χ0) is 20.4. The highest BCUT2D eigenvalue weighted by atomic mass is 16.5. The van der Waals surface area contributed by atoms with Crippen LogP contribution in [0.25, 0.3) is 21.9 Å². The summed E-state index contributed by atoms with van der Waals surface area (Å²) in [7, 11) is 3.38. The summed E-state index contributed by atoms with van der Waals surface area (Å²) in [5.41, 5.74) is 3.46. The van der Waals surface area contributed by atoms with Gasteiger partial charge in [-0.2, -0.15) is 0 Å². The summed E-state index contributed by atoms with van der Waals surface area (Å²) in [6, 6.07) is 17.6. The molecule has 4 rings (SSSR count). The SMILES string of the molecule is COc1ccc(-c2cncc(C(=O)N(C)c3nccc4ccccc34)c2)c(C)c1.